The quantitative estimate of drug-likeness (QED) is 0.774. The Hall–Kier alpha value is -2.19. The average Bonchev–Trinajstić information content (AvgIpc) is 2.55. The van der Waals surface area contributed by atoms with Crippen molar-refractivity contribution >= 4 is 10.9 Å². The fraction of sp³-hybridized carbons (Fsp3) is 0.211. The Balaban J connectivity index is 1.98. The third-order valence-corrected chi connectivity index (χ3v) is 3.90. The number of aromatic nitrogens is 1. The Kier molecular flexibility index (Phi) is 3.98. The van der Waals surface area contributed by atoms with Gasteiger partial charge in [0.25, 0.3) is 0 Å². The molecule has 21 heavy (non-hydrogen) atoms. The largest absolute Gasteiger partial charge is 0.320 e. The van der Waals surface area contributed by atoms with Crippen LogP contribution in [-0.4, -0.2) is 4.98 Å². The van der Waals surface area contributed by atoms with Crippen LogP contribution in [-0.2, 0) is 6.42 Å². The van der Waals surface area contributed by atoms with E-state index >= 15 is 0 Å². The van der Waals surface area contributed by atoms with Crippen LogP contribution >= 0.6 is 0 Å². The first-order chi connectivity index (χ1) is 10.3. The molecule has 0 bridgehead atoms. The molecule has 3 rings (SSSR count). The summed E-state index contributed by atoms with van der Waals surface area (Å²) in [6, 6.07) is 18.7. The lowest BCUT2D eigenvalue weighted by Gasteiger charge is -2.15. The number of pyridine rings is 1. The zero-order valence-electron chi connectivity index (χ0n) is 12.3. The van der Waals surface area contributed by atoms with Gasteiger partial charge in [0.1, 0.15) is 0 Å². The number of nitrogens with two attached hydrogens (primary N) is 1. The number of fused-ring (bicyclic) bond motifs is 1. The van der Waals surface area contributed by atoms with Crippen LogP contribution in [0.5, 0.6) is 0 Å². The Bertz CT molecular complexity index is 727. The van der Waals surface area contributed by atoms with E-state index in [2.05, 4.69) is 42.2 Å². The molecule has 0 fully saturated rings. The summed E-state index contributed by atoms with van der Waals surface area (Å²) in [5, 5.41) is 1.13. The van der Waals surface area contributed by atoms with Gasteiger partial charge in [-0.25, -0.2) is 0 Å². The average molecular weight is 276 g/mol. The first-order valence-corrected chi connectivity index (χ1v) is 7.47. The second-order valence-electron chi connectivity index (χ2n) is 5.39. The van der Waals surface area contributed by atoms with Crippen molar-refractivity contribution in [3.8, 4) is 0 Å². The third kappa shape index (κ3) is 2.81. The zero-order chi connectivity index (χ0) is 14.7. The predicted octanol–water partition coefficient (Wildman–Crippen LogP) is 4.24. The second kappa shape index (κ2) is 6.06. The summed E-state index contributed by atoms with van der Waals surface area (Å²) in [7, 11) is 0. The monoisotopic (exact) mass is 276 g/mol. The summed E-state index contributed by atoms with van der Waals surface area (Å²) in [5.41, 5.74) is 11.1. The lowest BCUT2D eigenvalue weighted by atomic mass is 9.95. The maximum atomic E-state index is 6.48. The minimum absolute atomic E-state index is 0.117. The van der Waals surface area contributed by atoms with Crippen molar-refractivity contribution in [2.45, 2.75) is 25.8 Å². The van der Waals surface area contributed by atoms with E-state index in [4.69, 9.17) is 5.73 Å². The molecule has 0 aliphatic heterocycles. The fourth-order valence-corrected chi connectivity index (χ4v) is 2.75. The molecule has 0 saturated heterocycles. The molecule has 1 atom stereocenters. The van der Waals surface area contributed by atoms with E-state index in [9.17, 15) is 0 Å². The molecule has 0 saturated carbocycles. The molecule has 2 nitrogen and oxygen atoms in total. The molecule has 0 radical (unpaired) electrons. The molecule has 1 heterocycles. The summed E-state index contributed by atoms with van der Waals surface area (Å²) in [6.07, 6.45) is 4.12. The Morgan fingerprint density at radius 3 is 2.52 bits per heavy atom. The van der Waals surface area contributed by atoms with Gasteiger partial charge in [-0.3, -0.25) is 4.98 Å². The van der Waals surface area contributed by atoms with Crippen molar-refractivity contribution < 1.29 is 0 Å². The lowest BCUT2D eigenvalue weighted by molar-refractivity contribution is 0.871. The molecule has 0 amide bonds. The van der Waals surface area contributed by atoms with Crippen molar-refractivity contribution in [1.29, 1.82) is 0 Å². The van der Waals surface area contributed by atoms with Crippen LogP contribution in [0.1, 0.15) is 36.1 Å². The Morgan fingerprint density at radius 2 is 1.76 bits per heavy atom. The van der Waals surface area contributed by atoms with Crippen molar-refractivity contribution in [3.05, 3.63) is 77.5 Å². The molecule has 3 aromatic rings. The van der Waals surface area contributed by atoms with Gasteiger partial charge < -0.3 is 5.73 Å². The van der Waals surface area contributed by atoms with Gasteiger partial charge in [-0.15, -0.1) is 0 Å². The molecule has 1 unspecified atom stereocenters. The number of nitrogens with zero attached hydrogens (tertiary/aromatic N) is 1. The first kappa shape index (κ1) is 13.8. The molecular weight excluding hydrogens is 256 g/mol. The summed E-state index contributed by atoms with van der Waals surface area (Å²) in [4.78, 5) is 4.40. The summed E-state index contributed by atoms with van der Waals surface area (Å²) >= 11 is 0. The highest BCUT2D eigenvalue weighted by atomic mass is 14.7. The van der Waals surface area contributed by atoms with Gasteiger partial charge in [-0.2, -0.15) is 0 Å². The minimum Gasteiger partial charge on any atom is -0.320 e. The number of hydrogen-bond acceptors (Lipinski definition) is 2. The normalized spacial score (nSPS) is 12.5. The maximum Gasteiger partial charge on any atom is 0.0705 e. The molecule has 2 N–H and O–H groups in total. The van der Waals surface area contributed by atoms with Gasteiger partial charge in [0, 0.05) is 11.6 Å². The molecule has 0 aliphatic rings. The molecule has 106 valence electrons. The maximum absolute atomic E-state index is 6.48. The topological polar surface area (TPSA) is 38.9 Å². The molecule has 0 spiro atoms. The molecule has 0 aliphatic carbocycles. The van der Waals surface area contributed by atoms with E-state index in [1.165, 1.54) is 12.0 Å². The molecule has 1 aromatic heterocycles. The van der Waals surface area contributed by atoms with Crippen LogP contribution in [0, 0.1) is 0 Å². The smallest absolute Gasteiger partial charge is 0.0705 e. The summed E-state index contributed by atoms with van der Waals surface area (Å²) in [6.45, 7) is 2.20. The highest BCUT2D eigenvalue weighted by Crippen LogP contribution is 2.26. The van der Waals surface area contributed by atoms with Gasteiger partial charge in [-0.05, 0) is 35.2 Å². The van der Waals surface area contributed by atoms with Gasteiger partial charge in [0.2, 0.25) is 0 Å². The van der Waals surface area contributed by atoms with E-state index in [1.807, 2.05) is 30.5 Å². The van der Waals surface area contributed by atoms with E-state index < -0.39 is 0 Å². The van der Waals surface area contributed by atoms with Crippen molar-refractivity contribution in [2.24, 2.45) is 5.73 Å². The van der Waals surface area contributed by atoms with Crippen LogP contribution < -0.4 is 5.73 Å². The Morgan fingerprint density at radius 1 is 1.00 bits per heavy atom. The standard InChI is InChI=1S/C19H20N2/c1-2-5-14-8-10-15(11-9-14)19(20)17-12-13-21-18-7-4-3-6-16(17)18/h3-4,6-13,19H,2,5,20H2,1H3. The SMILES string of the molecule is CCCc1ccc(C(N)c2ccnc3ccccc23)cc1. The van der Waals surface area contributed by atoms with Crippen LogP contribution in [0.25, 0.3) is 10.9 Å². The van der Waals surface area contributed by atoms with E-state index in [1.54, 1.807) is 0 Å². The van der Waals surface area contributed by atoms with Crippen LogP contribution in [0.15, 0.2) is 60.8 Å². The van der Waals surface area contributed by atoms with Crippen LogP contribution in [0.2, 0.25) is 0 Å². The number of para-hydroxylation sites is 1. The summed E-state index contributed by atoms with van der Waals surface area (Å²) < 4.78 is 0. The fourth-order valence-electron chi connectivity index (χ4n) is 2.75. The van der Waals surface area contributed by atoms with Crippen LogP contribution in [0.3, 0.4) is 0 Å². The third-order valence-electron chi connectivity index (χ3n) is 3.90. The van der Waals surface area contributed by atoms with Gasteiger partial charge >= 0.3 is 0 Å². The highest BCUT2D eigenvalue weighted by Gasteiger charge is 2.12. The Labute approximate surface area is 125 Å². The van der Waals surface area contributed by atoms with E-state index in [-0.39, 0.29) is 6.04 Å². The molecule has 2 aromatic carbocycles. The molecule has 2 heteroatoms. The predicted molar refractivity (Wildman–Crippen MR) is 88.2 cm³/mol. The van der Waals surface area contributed by atoms with E-state index in [0.717, 1.165) is 28.5 Å². The minimum atomic E-state index is -0.117. The first-order valence-electron chi connectivity index (χ1n) is 7.47. The number of benzene rings is 2. The molecular formula is C19H20N2. The highest BCUT2D eigenvalue weighted by molar-refractivity contribution is 5.82. The number of hydrogen-bond donors (Lipinski definition) is 1. The van der Waals surface area contributed by atoms with Gasteiger partial charge in [0.05, 0.1) is 11.6 Å². The van der Waals surface area contributed by atoms with Crippen molar-refractivity contribution in [3.63, 3.8) is 0 Å². The zero-order valence-corrected chi connectivity index (χ0v) is 12.3. The van der Waals surface area contributed by atoms with Crippen molar-refractivity contribution in [1.82, 2.24) is 4.98 Å². The second-order valence-corrected chi connectivity index (χ2v) is 5.39. The lowest BCUT2D eigenvalue weighted by Crippen LogP contribution is -2.12. The summed E-state index contributed by atoms with van der Waals surface area (Å²) in [5.74, 6) is 0. The number of rotatable bonds is 4. The van der Waals surface area contributed by atoms with Gasteiger partial charge in [-0.1, -0.05) is 55.8 Å². The van der Waals surface area contributed by atoms with E-state index in [0.29, 0.717) is 0 Å². The van der Waals surface area contributed by atoms with Crippen LogP contribution in [0.4, 0.5) is 0 Å². The number of aryl methyl sites for hydroxylation is 1. The van der Waals surface area contributed by atoms with Crippen molar-refractivity contribution in [2.75, 3.05) is 0 Å². The van der Waals surface area contributed by atoms with Gasteiger partial charge in [0.15, 0.2) is 0 Å².